The van der Waals surface area contributed by atoms with Crippen molar-refractivity contribution in [1.82, 2.24) is 10.6 Å². The molecular formula is C8H18N2O. The number of amides is 1. The molecule has 0 aliphatic rings. The molecule has 0 aliphatic heterocycles. The monoisotopic (exact) mass is 158 g/mol. The van der Waals surface area contributed by atoms with Gasteiger partial charge in [-0.2, -0.15) is 0 Å². The molecule has 1 amide bonds. The first-order valence-corrected chi connectivity index (χ1v) is 4.05. The summed E-state index contributed by atoms with van der Waals surface area (Å²) < 4.78 is 0. The van der Waals surface area contributed by atoms with Crippen LogP contribution in [0.5, 0.6) is 0 Å². The first kappa shape index (κ1) is 10.4. The quantitative estimate of drug-likeness (QED) is 0.592. The standard InChI is InChI=1S/C8H18N2O/c1-6(2)8(11)10-5-9-7(3)4/h6-7,9H,5H2,1-4H3,(H,10,11). The molecule has 0 aliphatic carbocycles. The Kier molecular flexibility index (Phi) is 4.86. The summed E-state index contributed by atoms with van der Waals surface area (Å²) >= 11 is 0. The van der Waals surface area contributed by atoms with Crippen molar-refractivity contribution in [2.45, 2.75) is 33.7 Å². The van der Waals surface area contributed by atoms with E-state index < -0.39 is 0 Å². The Bertz CT molecular complexity index is 121. The lowest BCUT2D eigenvalue weighted by molar-refractivity contribution is -0.124. The molecule has 3 nitrogen and oxygen atoms in total. The van der Waals surface area contributed by atoms with Crippen LogP contribution >= 0.6 is 0 Å². The van der Waals surface area contributed by atoms with Crippen molar-refractivity contribution in [1.29, 1.82) is 0 Å². The Balaban J connectivity index is 3.32. The summed E-state index contributed by atoms with van der Waals surface area (Å²) in [6, 6.07) is 0.419. The summed E-state index contributed by atoms with van der Waals surface area (Å²) in [5.41, 5.74) is 0. The van der Waals surface area contributed by atoms with Crippen LogP contribution in [-0.2, 0) is 4.79 Å². The van der Waals surface area contributed by atoms with Crippen molar-refractivity contribution in [3.8, 4) is 0 Å². The average molecular weight is 158 g/mol. The Morgan fingerprint density at radius 2 is 1.82 bits per heavy atom. The van der Waals surface area contributed by atoms with E-state index in [0.717, 1.165) is 0 Å². The fourth-order valence-electron chi connectivity index (χ4n) is 0.546. The van der Waals surface area contributed by atoms with E-state index in [9.17, 15) is 4.79 Å². The minimum Gasteiger partial charge on any atom is -0.343 e. The van der Waals surface area contributed by atoms with E-state index in [-0.39, 0.29) is 11.8 Å². The second-order valence-corrected chi connectivity index (χ2v) is 3.23. The normalized spacial score (nSPS) is 10.7. The Morgan fingerprint density at radius 1 is 1.27 bits per heavy atom. The lowest BCUT2D eigenvalue weighted by Crippen LogP contribution is -2.38. The van der Waals surface area contributed by atoms with Crippen LogP contribution in [0.25, 0.3) is 0 Å². The van der Waals surface area contributed by atoms with Crippen LogP contribution in [0.1, 0.15) is 27.7 Å². The van der Waals surface area contributed by atoms with Crippen LogP contribution in [-0.4, -0.2) is 18.6 Å². The van der Waals surface area contributed by atoms with Gasteiger partial charge in [0.1, 0.15) is 0 Å². The molecule has 0 aromatic carbocycles. The molecule has 0 saturated heterocycles. The van der Waals surface area contributed by atoms with Crippen molar-refractivity contribution in [3.05, 3.63) is 0 Å². The van der Waals surface area contributed by atoms with Gasteiger partial charge in [0, 0.05) is 12.0 Å². The lowest BCUT2D eigenvalue weighted by atomic mass is 10.2. The summed E-state index contributed by atoms with van der Waals surface area (Å²) in [7, 11) is 0. The van der Waals surface area contributed by atoms with Crippen LogP contribution in [0.2, 0.25) is 0 Å². The Hall–Kier alpha value is -0.570. The molecular weight excluding hydrogens is 140 g/mol. The molecule has 3 heteroatoms. The van der Waals surface area contributed by atoms with Crippen LogP contribution in [0.4, 0.5) is 0 Å². The third-order valence-electron chi connectivity index (χ3n) is 1.30. The van der Waals surface area contributed by atoms with Crippen molar-refractivity contribution in [3.63, 3.8) is 0 Å². The van der Waals surface area contributed by atoms with E-state index in [1.54, 1.807) is 0 Å². The Labute approximate surface area is 68.6 Å². The molecule has 0 aromatic rings. The van der Waals surface area contributed by atoms with Gasteiger partial charge in [-0.05, 0) is 13.8 Å². The minimum absolute atomic E-state index is 0.0731. The molecule has 0 radical (unpaired) electrons. The lowest BCUT2D eigenvalue weighted by Gasteiger charge is -2.10. The van der Waals surface area contributed by atoms with Gasteiger partial charge in [0.25, 0.3) is 0 Å². The molecule has 0 heterocycles. The zero-order valence-corrected chi connectivity index (χ0v) is 7.77. The third-order valence-corrected chi connectivity index (χ3v) is 1.30. The molecule has 0 unspecified atom stereocenters. The SMILES string of the molecule is CC(C)NCNC(=O)C(C)C. The van der Waals surface area contributed by atoms with E-state index in [4.69, 9.17) is 0 Å². The molecule has 11 heavy (non-hydrogen) atoms. The highest BCUT2D eigenvalue weighted by atomic mass is 16.1. The topological polar surface area (TPSA) is 41.1 Å². The summed E-state index contributed by atoms with van der Waals surface area (Å²) in [5.74, 6) is 0.169. The zero-order valence-electron chi connectivity index (χ0n) is 7.77. The first-order chi connectivity index (χ1) is 5.04. The molecule has 0 aromatic heterocycles. The Morgan fingerprint density at radius 3 is 2.18 bits per heavy atom. The van der Waals surface area contributed by atoms with Crippen LogP contribution in [0.15, 0.2) is 0 Å². The molecule has 2 N–H and O–H groups in total. The van der Waals surface area contributed by atoms with Crippen molar-refractivity contribution in [2.24, 2.45) is 5.92 Å². The second-order valence-electron chi connectivity index (χ2n) is 3.23. The molecule has 0 saturated carbocycles. The molecule has 0 rings (SSSR count). The minimum atomic E-state index is 0.0731. The van der Waals surface area contributed by atoms with Gasteiger partial charge in [-0.3, -0.25) is 10.1 Å². The fraction of sp³-hybridized carbons (Fsp3) is 0.875. The molecule has 0 atom stereocenters. The van der Waals surface area contributed by atoms with Gasteiger partial charge in [0.15, 0.2) is 0 Å². The van der Waals surface area contributed by atoms with Gasteiger partial charge in [0.2, 0.25) is 5.91 Å². The molecule has 0 bridgehead atoms. The molecule has 66 valence electrons. The van der Waals surface area contributed by atoms with Crippen LogP contribution in [0, 0.1) is 5.92 Å². The smallest absolute Gasteiger partial charge is 0.223 e. The van der Waals surface area contributed by atoms with Gasteiger partial charge in [-0.25, -0.2) is 0 Å². The number of carbonyl (C=O) groups is 1. The zero-order chi connectivity index (χ0) is 8.85. The number of nitrogens with one attached hydrogen (secondary N) is 2. The number of carbonyl (C=O) groups excluding carboxylic acids is 1. The van der Waals surface area contributed by atoms with Crippen LogP contribution in [0.3, 0.4) is 0 Å². The maximum absolute atomic E-state index is 11.0. The predicted molar refractivity (Wildman–Crippen MR) is 46.1 cm³/mol. The van der Waals surface area contributed by atoms with Gasteiger partial charge < -0.3 is 5.32 Å². The van der Waals surface area contributed by atoms with Crippen molar-refractivity contribution >= 4 is 5.91 Å². The summed E-state index contributed by atoms with van der Waals surface area (Å²) in [6.45, 7) is 8.41. The maximum atomic E-state index is 11.0. The van der Waals surface area contributed by atoms with E-state index in [2.05, 4.69) is 10.6 Å². The van der Waals surface area contributed by atoms with Gasteiger partial charge >= 0.3 is 0 Å². The molecule has 0 fully saturated rings. The number of rotatable bonds is 4. The van der Waals surface area contributed by atoms with Gasteiger partial charge in [-0.15, -0.1) is 0 Å². The van der Waals surface area contributed by atoms with Gasteiger partial charge in [-0.1, -0.05) is 13.8 Å². The fourth-order valence-corrected chi connectivity index (χ4v) is 0.546. The number of hydrogen-bond donors (Lipinski definition) is 2. The highest BCUT2D eigenvalue weighted by molar-refractivity contribution is 5.77. The van der Waals surface area contributed by atoms with E-state index in [1.807, 2.05) is 27.7 Å². The van der Waals surface area contributed by atoms with Crippen molar-refractivity contribution in [2.75, 3.05) is 6.67 Å². The summed E-state index contributed by atoms with van der Waals surface area (Å²) in [6.07, 6.45) is 0. The summed E-state index contributed by atoms with van der Waals surface area (Å²) in [5, 5.41) is 5.86. The third kappa shape index (κ3) is 5.85. The highest BCUT2D eigenvalue weighted by Gasteiger charge is 2.04. The van der Waals surface area contributed by atoms with Gasteiger partial charge in [0.05, 0.1) is 6.67 Å². The largest absolute Gasteiger partial charge is 0.343 e. The maximum Gasteiger partial charge on any atom is 0.223 e. The molecule has 0 spiro atoms. The predicted octanol–water partition coefficient (Wildman–Crippen LogP) is 0.714. The van der Waals surface area contributed by atoms with Crippen LogP contribution < -0.4 is 10.6 Å². The van der Waals surface area contributed by atoms with E-state index in [1.165, 1.54) is 0 Å². The first-order valence-electron chi connectivity index (χ1n) is 4.05. The van der Waals surface area contributed by atoms with E-state index >= 15 is 0 Å². The van der Waals surface area contributed by atoms with Crippen molar-refractivity contribution < 1.29 is 4.79 Å². The highest BCUT2D eigenvalue weighted by Crippen LogP contribution is 1.88. The number of hydrogen-bond acceptors (Lipinski definition) is 2. The average Bonchev–Trinajstić information content (AvgIpc) is 1.86. The van der Waals surface area contributed by atoms with E-state index in [0.29, 0.717) is 12.7 Å². The summed E-state index contributed by atoms with van der Waals surface area (Å²) in [4.78, 5) is 11.0. The second kappa shape index (κ2) is 5.13.